The third-order valence-electron chi connectivity index (χ3n) is 3.81. The standard InChI is InChI=1S/C17H19NO6/c1-3-24-17(22)13(16(21)23-2)9-6-10-18-14(19)11-7-4-5-8-12(11)15(18)20/h4-5,7-8,13H,3,6,9-10H2,1-2H3. The maximum Gasteiger partial charge on any atom is 0.320 e. The van der Waals surface area contributed by atoms with Crippen LogP contribution in [-0.4, -0.2) is 48.9 Å². The average molecular weight is 333 g/mol. The molecule has 0 saturated heterocycles. The van der Waals surface area contributed by atoms with E-state index in [4.69, 9.17) is 4.74 Å². The maximum absolute atomic E-state index is 12.2. The van der Waals surface area contributed by atoms with E-state index in [2.05, 4.69) is 4.74 Å². The molecule has 1 atom stereocenters. The van der Waals surface area contributed by atoms with Gasteiger partial charge in [-0.05, 0) is 31.9 Å². The van der Waals surface area contributed by atoms with E-state index in [1.807, 2.05) is 0 Å². The summed E-state index contributed by atoms with van der Waals surface area (Å²) in [6, 6.07) is 6.60. The summed E-state index contributed by atoms with van der Waals surface area (Å²) in [5.74, 6) is -3.12. The number of esters is 2. The summed E-state index contributed by atoms with van der Waals surface area (Å²) in [6.45, 7) is 1.93. The third kappa shape index (κ3) is 3.45. The molecule has 0 N–H and O–H groups in total. The summed E-state index contributed by atoms with van der Waals surface area (Å²) in [7, 11) is 1.19. The Balaban J connectivity index is 1.98. The second kappa shape index (κ2) is 7.72. The van der Waals surface area contributed by atoms with Crippen molar-refractivity contribution in [2.45, 2.75) is 19.8 Å². The van der Waals surface area contributed by atoms with E-state index in [0.29, 0.717) is 17.5 Å². The first-order valence-corrected chi connectivity index (χ1v) is 7.71. The number of fused-ring (bicyclic) bond motifs is 1. The number of ether oxygens (including phenoxy) is 2. The van der Waals surface area contributed by atoms with Gasteiger partial charge in [0.2, 0.25) is 0 Å². The molecule has 0 bridgehead atoms. The Kier molecular flexibility index (Phi) is 5.68. The molecule has 24 heavy (non-hydrogen) atoms. The van der Waals surface area contributed by atoms with Crippen molar-refractivity contribution < 1.29 is 28.7 Å². The summed E-state index contributed by atoms with van der Waals surface area (Å²) < 4.78 is 9.46. The number of imide groups is 1. The Morgan fingerprint density at radius 1 is 1.08 bits per heavy atom. The van der Waals surface area contributed by atoms with Crippen LogP contribution in [-0.2, 0) is 19.1 Å². The molecule has 0 spiro atoms. The van der Waals surface area contributed by atoms with Crippen molar-refractivity contribution in [1.29, 1.82) is 0 Å². The number of hydrogen-bond acceptors (Lipinski definition) is 6. The zero-order valence-corrected chi connectivity index (χ0v) is 13.6. The summed E-state index contributed by atoms with van der Waals surface area (Å²) >= 11 is 0. The molecule has 0 aliphatic carbocycles. The van der Waals surface area contributed by atoms with Crippen LogP contribution in [0.5, 0.6) is 0 Å². The van der Waals surface area contributed by atoms with Gasteiger partial charge in [0.25, 0.3) is 11.8 Å². The van der Waals surface area contributed by atoms with Crippen LogP contribution in [0.25, 0.3) is 0 Å². The van der Waals surface area contributed by atoms with Crippen LogP contribution in [0.2, 0.25) is 0 Å². The van der Waals surface area contributed by atoms with Crippen molar-refractivity contribution in [3.05, 3.63) is 35.4 Å². The minimum absolute atomic E-state index is 0.124. The molecule has 1 heterocycles. The van der Waals surface area contributed by atoms with Gasteiger partial charge in [0.05, 0.1) is 24.8 Å². The van der Waals surface area contributed by atoms with Crippen LogP contribution in [0, 0.1) is 5.92 Å². The van der Waals surface area contributed by atoms with Gasteiger partial charge in [-0.3, -0.25) is 24.1 Å². The molecule has 0 saturated carbocycles. The quantitative estimate of drug-likeness (QED) is 0.426. The van der Waals surface area contributed by atoms with E-state index in [0.717, 1.165) is 4.90 Å². The predicted molar refractivity (Wildman–Crippen MR) is 83.2 cm³/mol. The molecule has 2 amide bonds. The maximum atomic E-state index is 12.2. The highest BCUT2D eigenvalue weighted by Crippen LogP contribution is 2.23. The highest BCUT2D eigenvalue weighted by Gasteiger charge is 2.35. The molecule has 2 rings (SSSR count). The number of nitrogens with zero attached hydrogens (tertiary/aromatic N) is 1. The van der Waals surface area contributed by atoms with Gasteiger partial charge in [-0.2, -0.15) is 0 Å². The topological polar surface area (TPSA) is 90.0 Å². The van der Waals surface area contributed by atoms with Crippen molar-refractivity contribution in [2.75, 3.05) is 20.3 Å². The summed E-state index contributed by atoms with van der Waals surface area (Å²) in [5, 5.41) is 0. The van der Waals surface area contributed by atoms with Crippen molar-refractivity contribution in [3.8, 4) is 0 Å². The first-order valence-electron chi connectivity index (χ1n) is 7.71. The second-order valence-corrected chi connectivity index (χ2v) is 5.28. The van der Waals surface area contributed by atoms with Crippen molar-refractivity contribution in [2.24, 2.45) is 5.92 Å². The lowest BCUT2D eigenvalue weighted by atomic mass is 10.0. The molecule has 0 radical (unpaired) electrons. The zero-order chi connectivity index (χ0) is 17.7. The van der Waals surface area contributed by atoms with Crippen molar-refractivity contribution in [3.63, 3.8) is 0 Å². The smallest absolute Gasteiger partial charge is 0.320 e. The molecule has 1 unspecified atom stereocenters. The Morgan fingerprint density at radius 2 is 1.67 bits per heavy atom. The lowest BCUT2D eigenvalue weighted by Gasteiger charge is -2.16. The Morgan fingerprint density at radius 3 is 2.17 bits per heavy atom. The number of carbonyl (C=O) groups excluding carboxylic acids is 4. The molecule has 1 aromatic carbocycles. The highest BCUT2D eigenvalue weighted by molar-refractivity contribution is 6.21. The normalized spacial score (nSPS) is 14.3. The fraction of sp³-hybridized carbons (Fsp3) is 0.412. The molecule has 1 aromatic rings. The van der Waals surface area contributed by atoms with E-state index in [1.165, 1.54) is 7.11 Å². The fourth-order valence-corrected chi connectivity index (χ4v) is 2.61. The number of rotatable bonds is 7. The molecule has 7 nitrogen and oxygen atoms in total. The van der Waals surface area contributed by atoms with Crippen LogP contribution >= 0.6 is 0 Å². The highest BCUT2D eigenvalue weighted by atomic mass is 16.5. The molecule has 7 heteroatoms. The van der Waals surface area contributed by atoms with Gasteiger partial charge in [0.1, 0.15) is 0 Å². The number of amides is 2. The van der Waals surface area contributed by atoms with Gasteiger partial charge in [0.15, 0.2) is 5.92 Å². The molecule has 1 aliphatic heterocycles. The van der Waals surface area contributed by atoms with Crippen LogP contribution in [0.3, 0.4) is 0 Å². The van der Waals surface area contributed by atoms with E-state index in [1.54, 1.807) is 31.2 Å². The van der Waals surface area contributed by atoms with E-state index in [-0.39, 0.29) is 31.4 Å². The van der Waals surface area contributed by atoms with E-state index >= 15 is 0 Å². The first-order chi connectivity index (χ1) is 11.5. The summed E-state index contributed by atoms with van der Waals surface area (Å²) in [6.07, 6.45) is 0.433. The molecular formula is C17H19NO6. The van der Waals surface area contributed by atoms with E-state index < -0.39 is 17.9 Å². The van der Waals surface area contributed by atoms with E-state index in [9.17, 15) is 19.2 Å². The Hall–Kier alpha value is -2.70. The van der Waals surface area contributed by atoms with Gasteiger partial charge in [-0.25, -0.2) is 0 Å². The third-order valence-corrected chi connectivity index (χ3v) is 3.81. The summed E-state index contributed by atoms with van der Waals surface area (Å²) in [5.41, 5.74) is 0.745. The zero-order valence-electron chi connectivity index (χ0n) is 13.6. The number of methoxy groups -OCH3 is 1. The monoisotopic (exact) mass is 333 g/mol. The lowest BCUT2D eigenvalue weighted by molar-refractivity contribution is -0.160. The van der Waals surface area contributed by atoms with Gasteiger partial charge < -0.3 is 9.47 Å². The van der Waals surface area contributed by atoms with Crippen molar-refractivity contribution >= 4 is 23.8 Å². The van der Waals surface area contributed by atoms with Gasteiger partial charge >= 0.3 is 11.9 Å². The fourth-order valence-electron chi connectivity index (χ4n) is 2.61. The van der Waals surface area contributed by atoms with Crippen molar-refractivity contribution in [1.82, 2.24) is 4.90 Å². The molecule has 1 aliphatic rings. The minimum atomic E-state index is -1.05. The van der Waals surface area contributed by atoms with Crippen LogP contribution < -0.4 is 0 Å². The molecular weight excluding hydrogens is 314 g/mol. The van der Waals surface area contributed by atoms with Gasteiger partial charge in [-0.15, -0.1) is 0 Å². The predicted octanol–water partition coefficient (Wildman–Crippen LogP) is 1.42. The Bertz CT molecular complexity index is 634. The molecule has 0 fully saturated rings. The van der Waals surface area contributed by atoms with Crippen LogP contribution in [0.1, 0.15) is 40.5 Å². The van der Waals surface area contributed by atoms with Crippen LogP contribution in [0.15, 0.2) is 24.3 Å². The van der Waals surface area contributed by atoms with Gasteiger partial charge in [0, 0.05) is 6.54 Å². The van der Waals surface area contributed by atoms with Gasteiger partial charge in [-0.1, -0.05) is 12.1 Å². The number of hydrogen-bond donors (Lipinski definition) is 0. The second-order valence-electron chi connectivity index (χ2n) is 5.28. The SMILES string of the molecule is CCOC(=O)C(CCCN1C(=O)c2ccccc2C1=O)C(=O)OC. The molecule has 0 aromatic heterocycles. The first kappa shape index (κ1) is 17.7. The average Bonchev–Trinajstić information content (AvgIpc) is 2.83. The summed E-state index contributed by atoms with van der Waals surface area (Å²) in [4.78, 5) is 49.1. The number of benzene rings is 1. The van der Waals surface area contributed by atoms with Crippen LogP contribution in [0.4, 0.5) is 0 Å². The Labute approximate surface area is 139 Å². The molecule has 128 valence electrons. The minimum Gasteiger partial charge on any atom is -0.468 e. The largest absolute Gasteiger partial charge is 0.468 e. The lowest BCUT2D eigenvalue weighted by Crippen LogP contribution is -2.32. The number of carbonyl (C=O) groups is 4.